The second-order valence-electron chi connectivity index (χ2n) is 6.83. The third-order valence-electron chi connectivity index (χ3n) is 5.15. The summed E-state index contributed by atoms with van der Waals surface area (Å²) in [7, 11) is 2.08. The largest absolute Gasteiger partial charge is 0.337 e. The van der Waals surface area contributed by atoms with E-state index in [-0.39, 0.29) is 0 Å². The van der Waals surface area contributed by atoms with Gasteiger partial charge in [0.15, 0.2) is 0 Å². The number of aromatic nitrogens is 2. The highest BCUT2D eigenvalue weighted by molar-refractivity contribution is 4.91. The monoisotopic (exact) mass is 305 g/mol. The smallest absolute Gasteiger partial charge is 0.122 e. The molecule has 124 valence electrons. The minimum Gasteiger partial charge on any atom is -0.337 e. The summed E-state index contributed by atoms with van der Waals surface area (Å²) in [5, 5.41) is 0. The van der Waals surface area contributed by atoms with Crippen molar-refractivity contribution in [3.8, 4) is 0 Å². The van der Waals surface area contributed by atoms with Crippen molar-refractivity contribution in [2.24, 2.45) is 7.05 Å². The van der Waals surface area contributed by atoms with Crippen molar-refractivity contribution in [2.75, 3.05) is 52.4 Å². The molecule has 0 spiro atoms. The number of piperazine rings is 1. The Hall–Kier alpha value is -0.910. The number of imidazole rings is 1. The van der Waals surface area contributed by atoms with Crippen LogP contribution in [-0.4, -0.2) is 76.6 Å². The molecule has 5 nitrogen and oxygen atoms in total. The van der Waals surface area contributed by atoms with E-state index in [1.807, 2.05) is 12.4 Å². The summed E-state index contributed by atoms with van der Waals surface area (Å²) < 4.78 is 2.13. The topological polar surface area (TPSA) is 27.5 Å². The van der Waals surface area contributed by atoms with Crippen molar-refractivity contribution in [3.63, 3.8) is 0 Å². The van der Waals surface area contributed by atoms with Gasteiger partial charge in [0.05, 0.1) is 6.54 Å². The van der Waals surface area contributed by atoms with Gasteiger partial charge >= 0.3 is 0 Å². The molecule has 22 heavy (non-hydrogen) atoms. The van der Waals surface area contributed by atoms with Crippen LogP contribution in [0.2, 0.25) is 0 Å². The van der Waals surface area contributed by atoms with E-state index in [4.69, 9.17) is 0 Å². The molecular weight excluding hydrogens is 274 g/mol. The molecule has 1 aromatic rings. The second kappa shape index (κ2) is 8.09. The third-order valence-corrected chi connectivity index (χ3v) is 5.15. The van der Waals surface area contributed by atoms with E-state index < -0.39 is 0 Å². The molecule has 0 aromatic carbocycles. The standard InChI is InChI=1S/C17H31N5/c1-19-11-6-18-17(19)16-22-14-12-21(13-15-22)10-5-9-20-7-3-2-4-8-20/h6,11H,2-5,7-10,12-16H2,1H3. The fourth-order valence-corrected chi connectivity index (χ4v) is 3.62. The van der Waals surface area contributed by atoms with E-state index in [2.05, 4.69) is 31.3 Å². The Bertz CT molecular complexity index is 430. The van der Waals surface area contributed by atoms with Crippen LogP contribution in [0.25, 0.3) is 0 Å². The van der Waals surface area contributed by atoms with Crippen LogP contribution in [0.4, 0.5) is 0 Å². The maximum absolute atomic E-state index is 4.43. The first-order chi connectivity index (χ1) is 10.8. The minimum absolute atomic E-state index is 0.991. The molecule has 2 fully saturated rings. The van der Waals surface area contributed by atoms with Crippen molar-refractivity contribution < 1.29 is 0 Å². The molecule has 0 unspecified atom stereocenters. The molecular formula is C17H31N5. The average molecular weight is 305 g/mol. The Balaban J connectivity index is 1.31. The van der Waals surface area contributed by atoms with Gasteiger partial charge in [-0.05, 0) is 45.4 Å². The SMILES string of the molecule is Cn1ccnc1CN1CCN(CCCN2CCCCC2)CC1. The van der Waals surface area contributed by atoms with Gasteiger partial charge in [-0.25, -0.2) is 4.98 Å². The normalized spacial score (nSPS) is 22.2. The lowest BCUT2D eigenvalue weighted by molar-refractivity contribution is 0.117. The predicted octanol–water partition coefficient (Wildman–Crippen LogP) is 1.41. The lowest BCUT2D eigenvalue weighted by atomic mass is 10.1. The summed E-state index contributed by atoms with van der Waals surface area (Å²) in [6, 6.07) is 0. The molecule has 0 amide bonds. The van der Waals surface area contributed by atoms with Crippen LogP contribution >= 0.6 is 0 Å². The number of hydrogen-bond donors (Lipinski definition) is 0. The molecule has 2 aliphatic heterocycles. The van der Waals surface area contributed by atoms with Gasteiger partial charge in [-0.2, -0.15) is 0 Å². The van der Waals surface area contributed by atoms with Gasteiger partial charge in [0, 0.05) is 45.6 Å². The Morgan fingerprint density at radius 1 is 0.864 bits per heavy atom. The number of nitrogens with zero attached hydrogens (tertiary/aromatic N) is 5. The van der Waals surface area contributed by atoms with Crippen LogP contribution in [-0.2, 0) is 13.6 Å². The molecule has 0 bridgehead atoms. The Morgan fingerprint density at radius 2 is 1.50 bits per heavy atom. The maximum atomic E-state index is 4.43. The van der Waals surface area contributed by atoms with Crippen LogP contribution in [0.1, 0.15) is 31.5 Å². The third kappa shape index (κ3) is 4.54. The van der Waals surface area contributed by atoms with E-state index >= 15 is 0 Å². The van der Waals surface area contributed by atoms with Crippen LogP contribution in [0.15, 0.2) is 12.4 Å². The van der Waals surface area contributed by atoms with Gasteiger partial charge in [-0.3, -0.25) is 4.90 Å². The molecule has 2 saturated heterocycles. The maximum Gasteiger partial charge on any atom is 0.122 e. The minimum atomic E-state index is 0.991. The van der Waals surface area contributed by atoms with E-state index in [0.29, 0.717) is 0 Å². The predicted molar refractivity (Wildman–Crippen MR) is 89.8 cm³/mol. The molecule has 3 rings (SSSR count). The highest BCUT2D eigenvalue weighted by atomic mass is 15.3. The van der Waals surface area contributed by atoms with Crippen molar-refractivity contribution >= 4 is 0 Å². The zero-order valence-corrected chi connectivity index (χ0v) is 14.1. The molecule has 0 atom stereocenters. The second-order valence-corrected chi connectivity index (χ2v) is 6.83. The van der Waals surface area contributed by atoms with Crippen molar-refractivity contribution in [3.05, 3.63) is 18.2 Å². The average Bonchev–Trinajstić information content (AvgIpc) is 2.95. The number of likely N-dealkylation sites (tertiary alicyclic amines) is 1. The van der Waals surface area contributed by atoms with Gasteiger partial charge < -0.3 is 14.4 Å². The first kappa shape index (κ1) is 16.0. The summed E-state index contributed by atoms with van der Waals surface area (Å²) in [5.74, 6) is 1.18. The van der Waals surface area contributed by atoms with E-state index in [9.17, 15) is 0 Å². The van der Waals surface area contributed by atoms with Gasteiger partial charge in [0.25, 0.3) is 0 Å². The zero-order chi connectivity index (χ0) is 15.2. The fraction of sp³-hybridized carbons (Fsp3) is 0.824. The summed E-state index contributed by atoms with van der Waals surface area (Å²) in [6.07, 6.45) is 9.52. The quantitative estimate of drug-likeness (QED) is 0.794. The molecule has 0 radical (unpaired) electrons. The summed E-state index contributed by atoms with van der Waals surface area (Å²) in [6.45, 7) is 11.0. The molecule has 1 aromatic heterocycles. The van der Waals surface area contributed by atoms with Crippen molar-refractivity contribution in [1.82, 2.24) is 24.3 Å². The molecule has 0 aliphatic carbocycles. The van der Waals surface area contributed by atoms with Crippen molar-refractivity contribution in [2.45, 2.75) is 32.2 Å². The summed E-state index contributed by atoms with van der Waals surface area (Å²) >= 11 is 0. The van der Waals surface area contributed by atoms with Gasteiger partial charge in [-0.1, -0.05) is 6.42 Å². The number of aryl methyl sites for hydroxylation is 1. The number of piperidine rings is 1. The molecule has 2 aliphatic rings. The first-order valence-electron chi connectivity index (χ1n) is 8.94. The molecule has 5 heteroatoms. The molecule has 0 N–H and O–H groups in total. The summed E-state index contributed by atoms with van der Waals surface area (Å²) in [5.41, 5.74) is 0. The Kier molecular flexibility index (Phi) is 5.87. The van der Waals surface area contributed by atoms with E-state index in [0.717, 1.165) is 6.54 Å². The molecule has 0 saturated carbocycles. The van der Waals surface area contributed by atoms with E-state index in [1.54, 1.807) is 0 Å². The Labute approximate surface area is 134 Å². The lowest BCUT2D eigenvalue weighted by Gasteiger charge is -2.35. The highest BCUT2D eigenvalue weighted by Gasteiger charge is 2.18. The summed E-state index contributed by atoms with van der Waals surface area (Å²) in [4.78, 5) is 12.3. The van der Waals surface area contributed by atoms with Crippen LogP contribution < -0.4 is 0 Å². The zero-order valence-electron chi connectivity index (χ0n) is 14.1. The number of rotatable bonds is 6. The van der Waals surface area contributed by atoms with Crippen LogP contribution in [0.3, 0.4) is 0 Å². The van der Waals surface area contributed by atoms with Gasteiger partial charge in [0.2, 0.25) is 0 Å². The van der Waals surface area contributed by atoms with Crippen LogP contribution in [0, 0.1) is 0 Å². The first-order valence-corrected chi connectivity index (χ1v) is 8.94. The Morgan fingerprint density at radius 3 is 2.14 bits per heavy atom. The number of hydrogen-bond acceptors (Lipinski definition) is 4. The van der Waals surface area contributed by atoms with Crippen molar-refractivity contribution in [1.29, 1.82) is 0 Å². The highest BCUT2D eigenvalue weighted by Crippen LogP contribution is 2.10. The fourth-order valence-electron chi connectivity index (χ4n) is 3.62. The lowest BCUT2D eigenvalue weighted by Crippen LogP contribution is -2.46. The van der Waals surface area contributed by atoms with Gasteiger partial charge in [-0.15, -0.1) is 0 Å². The van der Waals surface area contributed by atoms with Crippen LogP contribution in [0.5, 0.6) is 0 Å². The van der Waals surface area contributed by atoms with E-state index in [1.165, 1.54) is 83.9 Å². The molecule has 3 heterocycles. The van der Waals surface area contributed by atoms with Gasteiger partial charge in [0.1, 0.15) is 5.82 Å².